The van der Waals surface area contributed by atoms with Crippen LogP contribution in [0.2, 0.25) is 0 Å². The molecule has 0 spiro atoms. The van der Waals surface area contributed by atoms with Crippen molar-refractivity contribution in [2.24, 2.45) is 0 Å². The topological polar surface area (TPSA) is 75.4 Å². The maximum absolute atomic E-state index is 13.1. The van der Waals surface area contributed by atoms with E-state index in [4.69, 9.17) is 4.52 Å². The average Bonchev–Trinajstić information content (AvgIpc) is 3.46. The monoisotopic (exact) mass is 447 g/mol. The zero-order valence-corrected chi connectivity index (χ0v) is 18.5. The van der Waals surface area contributed by atoms with E-state index < -0.39 is 0 Å². The fraction of sp³-hybridized carbons (Fsp3) is 0.350. The Morgan fingerprint density at radius 1 is 1.38 bits per heavy atom. The molecule has 0 saturated heterocycles. The van der Waals surface area contributed by atoms with Crippen LogP contribution in [0, 0.1) is 6.92 Å². The summed E-state index contributed by atoms with van der Waals surface area (Å²) in [7, 11) is 0. The summed E-state index contributed by atoms with van der Waals surface area (Å²) < 4.78 is 4.96. The van der Waals surface area contributed by atoms with E-state index >= 15 is 0 Å². The standard InChI is InChI=1S/C20H21N3O3S3/c1-12-10-17(22-26-12)21-20(25)13(2)29-11-18(24)23-7-5-15-14(6-9-28-15)19(23)16-4-3-8-27-16/h3-4,6,8-10,13,19H,5,7,11H2,1-2H3,(H,21,22,25). The van der Waals surface area contributed by atoms with Crippen molar-refractivity contribution in [1.82, 2.24) is 10.1 Å². The summed E-state index contributed by atoms with van der Waals surface area (Å²) in [5, 5.41) is 10.3. The van der Waals surface area contributed by atoms with Crippen molar-refractivity contribution in [3.63, 3.8) is 0 Å². The third kappa shape index (κ3) is 4.41. The molecule has 2 unspecified atom stereocenters. The molecule has 9 heteroatoms. The van der Waals surface area contributed by atoms with E-state index in [0.717, 1.165) is 6.42 Å². The molecule has 0 radical (unpaired) electrons. The summed E-state index contributed by atoms with van der Waals surface area (Å²) in [5.74, 6) is 1.15. The molecule has 3 aromatic rings. The van der Waals surface area contributed by atoms with Gasteiger partial charge in [-0.1, -0.05) is 11.2 Å². The molecule has 3 aromatic heterocycles. The fourth-order valence-corrected chi connectivity index (χ4v) is 5.87. The van der Waals surface area contributed by atoms with Crippen LogP contribution < -0.4 is 5.32 Å². The van der Waals surface area contributed by atoms with Crippen LogP contribution in [0.5, 0.6) is 0 Å². The van der Waals surface area contributed by atoms with Crippen LogP contribution >= 0.6 is 34.4 Å². The lowest BCUT2D eigenvalue weighted by atomic mass is 9.98. The van der Waals surface area contributed by atoms with Gasteiger partial charge in [0.05, 0.1) is 17.0 Å². The Morgan fingerprint density at radius 3 is 2.97 bits per heavy atom. The summed E-state index contributed by atoms with van der Waals surface area (Å²) in [6.07, 6.45) is 0.882. The fourth-order valence-electron chi connectivity index (χ4n) is 3.35. The van der Waals surface area contributed by atoms with E-state index in [1.165, 1.54) is 27.1 Å². The molecule has 1 N–H and O–H groups in total. The number of carbonyl (C=O) groups excluding carboxylic acids is 2. The zero-order chi connectivity index (χ0) is 20.4. The second-order valence-corrected chi connectivity index (χ2v) is 10.1. The van der Waals surface area contributed by atoms with Crippen LogP contribution in [0.25, 0.3) is 0 Å². The van der Waals surface area contributed by atoms with Crippen LogP contribution in [-0.2, 0) is 16.0 Å². The van der Waals surface area contributed by atoms with Crippen LogP contribution in [0.15, 0.2) is 39.5 Å². The van der Waals surface area contributed by atoms with Gasteiger partial charge < -0.3 is 14.7 Å². The summed E-state index contributed by atoms with van der Waals surface area (Å²) in [6.45, 7) is 4.26. The molecule has 0 fully saturated rings. The van der Waals surface area contributed by atoms with Gasteiger partial charge in [-0.3, -0.25) is 9.59 Å². The molecule has 1 aliphatic rings. The number of rotatable bonds is 6. The first-order chi connectivity index (χ1) is 14.0. The van der Waals surface area contributed by atoms with Crippen molar-refractivity contribution in [2.45, 2.75) is 31.6 Å². The molecule has 1 aliphatic heterocycles. The molecule has 4 heterocycles. The Balaban J connectivity index is 1.40. The van der Waals surface area contributed by atoms with E-state index in [1.807, 2.05) is 16.3 Å². The van der Waals surface area contributed by atoms with Gasteiger partial charge in [0.15, 0.2) is 5.82 Å². The van der Waals surface area contributed by atoms with Gasteiger partial charge in [0.2, 0.25) is 11.8 Å². The lowest BCUT2D eigenvalue weighted by molar-refractivity contribution is -0.130. The van der Waals surface area contributed by atoms with Crippen molar-refractivity contribution < 1.29 is 14.1 Å². The minimum absolute atomic E-state index is 0.0275. The third-order valence-corrected chi connectivity index (χ3v) is 7.85. The number of amides is 2. The van der Waals surface area contributed by atoms with E-state index in [2.05, 4.69) is 28.0 Å². The average molecular weight is 448 g/mol. The molecule has 2 atom stereocenters. The Hall–Kier alpha value is -2.10. The first-order valence-electron chi connectivity index (χ1n) is 9.28. The number of aryl methyl sites for hydroxylation is 1. The van der Waals surface area contributed by atoms with E-state index in [1.54, 1.807) is 42.6 Å². The number of anilines is 1. The van der Waals surface area contributed by atoms with Gasteiger partial charge >= 0.3 is 0 Å². The largest absolute Gasteiger partial charge is 0.360 e. The zero-order valence-electron chi connectivity index (χ0n) is 16.1. The molecule has 4 rings (SSSR count). The summed E-state index contributed by atoms with van der Waals surface area (Å²) >= 11 is 4.77. The predicted molar refractivity (Wildman–Crippen MR) is 118 cm³/mol. The minimum atomic E-state index is -0.377. The number of carbonyl (C=O) groups is 2. The lowest BCUT2D eigenvalue weighted by Gasteiger charge is -2.35. The van der Waals surface area contributed by atoms with E-state index in [9.17, 15) is 9.59 Å². The smallest absolute Gasteiger partial charge is 0.238 e. The maximum Gasteiger partial charge on any atom is 0.238 e. The molecule has 6 nitrogen and oxygen atoms in total. The Labute approximate surface area is 181 Å². The van der Waals surface area contributed by atoms with E-state index in [-0.39, 0.29) is 28.9 Å². The summed E-state index contributed by atoms with van der Waals surface area (Å²) in [6, 6.07) is 7.88. The minimum Gasteiger partial charge on any atom is -0.360 e. The second-order valence-electron chi connectivity index (χ2n) is 6.82. The van der Waals surface area contributed by atoms with Crippen LogP contribution in [0.1, 0.15) is 34.0 Å². The highest BCUT2D eigenvalue weighted by atomic mass is 32.2. The Morgan fingerprint density at radius 2 is 2.24 bits per heavy atom. The molecule has 152 valence electrons. The summed E-state index contributed by atoms with van der Waals surface area (Å²) in [4.78, 5) is 29.9. The van der Waals surface area contributed by atoms with Crippen LogP contribution in [0.4, 0.5) is 5.82 Å². The number of thiophene rings is 2. The quantitative estimate of drug-likeness (QED) is 0.608. The van der Waals surface area contributed by atoms with Crippen molar-refractivity contribution >= 4 is 52.1 Å². The Bertz CT molecular complexity index is 996. The number of aromatic nitrogens is 1. The van der Waals surface area contributed by atoms with Gasteiger partial charge in [0.25, 0.3) is 0 Å². The van der Waals surface area contributed by atoms with Gasteiger partial charge in [0, 0.05) is 22.4 Å². The second kappa shape index (κ2) is 8.73. The number of nitrogens with zero attached hydrogens (tertiary/aromatic N) is 2. The van der Waals surface area contributed by atoms with Crippen molar-refractivity contribution in [1.29, 1.82) is 0 Å². The van der Waals surface area contributed by atoms with Gasteiger partial charge in [-0.2, -0.15) is 0 Å². The van der Waals surface area contributed by atoms with Crippen LogP contribution in [-0.4, -0.2) is 39.4 Å². The number of fused-ring (bicyclic) bond motifs is 1. The molecule has 0 aliphatic carbocycles. The van der Waals surface area contributed by atoms with Crippen LogP contribution in [0.3, 0.4) is 0 Å². The first-order valence-corrected chi connectivity index (χ1v) is 12.1. The molecule has 0 saturated carbocycles. The molecule has 0 aromatic carbocycles. The van der Waals surface area contributed by atoms with Gasteiger partial charge in [-0.25, -0.2) is 0 Å². The lowest BCUT2D eigenvalue weighted by Crippen LogP contribution is -2.41. The highest BCUT2D eigenvalue weighted by Gasteiger charge is 2.33. The maximum atomic E-state index is 13.1. The van der Waals surface area contributed by atoms with Crippen molar-refractivity contribution in [2.75, 3.05) is 17.6 Å². The highest BCUT2D eigenvalue weighted by Crippen LogP contribution is 2.39. The van der Waals surface area contributed by atoms with Crippen molar-refractivity contribution in [3.8, 4) is 0 Å². The van der Waals surface area contributed by atoms with Gasteiger partial charge in [-0.15, -0.1) is 34.4 Å². The first kappa shape index (κ1) is 20.2. The predicted octanol–water partition coefficient (Wildman–Crippen LogP) is 4.34. The number of nitrogens with one attached hydrogen (secondary N) is 1. The highest BCUT2D eigenvalue weighted by molar-refractivity contribution is 8.01. The van der Waals surface area contributed by atoms with Crippen molar-refractivity contribution in [3.05, 3.63) is 56.1 Å². The molecular formula is C20H21N3O3S3. The number of hydrogen-bond acceptors (Lipinski definition) is 7. The van der Waals surface area contributed by atoms with E-state index in [0.29, 0.717) is 18.1 Å². The SMILES string of the molecule is Cc1cc(NC(=O)C(C)SCC(=O)N2CCc3sccc3C2c2cccs2)no1. The van der Waals surface area contributed by atoms with Gasteiger partial charge in [0.1, 0.15) is 5.76 Å². The third-order valence-electron chi connectivity index (χ3n) is 4.80. The molecule has 2 amide bonds. The molecule has 29 heavy (non-hydrogen) atoms. The number of hydrogen-bond donors (Lipinski definition) is 1. The summed E-state index contributed by atoms with van der Waals surface area (Å²) in [5.41, 5.74) is 1.23. The normalized spacial score (nSPS) is 17.0. The molecular weight excluding hydrogens is 426 g/mol. The molecule has 0 bridgehead atoms. The Kier molecular flexibility index (Phi) is 6.07. The van der Waals surface area contributed by atoms with Gasteiger partial charge in [-0.05, 0) is 48.7 Å². The number of thioether (sulfide) groups is 1.